The van der Waals surface area contributed by atoms with Crippen LogP contribution in [0.5, 0.6) is 0 Å². The predicted octanol–water partition coefficient (Wildman–Crippen LogP) is 15.7. The Morgan fingerprint density at radius 1 is 0.356 bits per heavy atom. The molecule has 0 saturated carbocycles. The highest BCUT2D eigenvalue weighted by molar-refractivity contribution is 5.91. The van der Waals surface area contributed by atoms with E-state index in [0.717, 1.165) is 35.6 Å². The quantitative estimate of drug-likeness (QED) is 0.145. The molecule has 0 amide bonds. The third-order valence-corrected chi connectivity index (χ3v) is 12.2. The van der Waals surface area contributed by atoms with Crippen LogP contribution in [0.25, 0.3) is 39.0 Å². The normalized spacial score (nSPS) is 13.8. The zero-order chi connectivity index (χ0) is 39.8. The Morgan fingerprint density at radius 2 is 0.864 bits per heavy atom. The van der Waals surface area contributed by atoms with Crippen LogP contribution in [0.3, 0.4) is 0 Å². The van der Waals surface area contributed by atoms with Gasteiger partial charge < -0.3 is 9.80 Å². The van der Waals surface area contributed by atoms with Gasteiger partial charge in [0.2, 0.25) is 0 Å². The number of hydrogen-bond acceptors (Lipinski definition) is 2. The average molecular weight is 759 g/mol. The summed E-state index contributed by atoms with van der Waals surface area (Å²) in [6, 6.07) is 75.0. The molecule has 0 saturated heterocycles. The third-order valence-electron chi connectivity index (χ3n) is 12.2. The molecule has 2 heteroatoms. The Balaban J connectivity index is 0.965. The second-order valence-corrected chi connectivity index (χ2v) is 16.1. The van der Waals surface area contributed by atoms with E-state index < -0.39 is 0 Å². The van der Waals surface area contributed by atoms with E-state index in [0.29, 0.717) is 0 Å². The second-order valence-electron chi connectivity index (χ2n) is 16.1. The van der Waals surface area contributed by atoms with Crippen LogP contribution in [-0.4, -0.2) is 0 Å². The van der Waals surface area contributed by atoms with Gasteiger partial charge in [-0.15, -0.1) is 0 Å². The molecule has 0 fully saturated rings. The van der Waals surface area contributed by atoms with Crippen molar-refractivity contribution in [2.75, 3.05) is 9.80 Å². The first-order chi connectivity index (χ1) is 29.0. The largest absolute Gasteiger partial charge is 0.314 e. The van der Waals surface area contributed by atoms with Crippen molar-refractivity contribution in [1.29, 1.82) is 0 Å². The lowest BCUT2D eigenvalue weighted by Gasteiger charge is -2.30. The summed E-state index contributed by atoms with van der Waals surface area (Å²) in [4.78, 5) is 4.82. The minimum absolute atomic E-state index is 0.0885. The van der Waals surface area contributed by atoms with Crippen LogP contribution >= 0.6 is 0 Å². The first kappa shape index (κ1) is 36.2. The minimum atomic E-state index is -0.0885. The molecule has 0 unspecified atom stereocenters. The highest BCUT2D eigenvalue weighted by Crippen LogP contribution is 2.51. The minimum Gasteiger partial charge on any atom is -0.314 e. The molecule has 0 radical (unpaired) electrons. The van der Waals surface area contributed by atoms with Gasteiger partial charge in [-0.25, -0.2) is 0 Å². The van der Waals surface area contributed by atoms with E-state index in [4.69, 9.17) is 0 Å². The Labute approximate surface area is 348 Å². The fourth-order valence-electron chi connectivity index (χ4n) is 9.16. The number of hydrogen-bond donors (Lipinski definition) is 0. The number of benzene rings is 8. The average Bonchev–Trinajstić information content (AvgIpc) is 3.53. The second kappa shape index (κ2) is 15.3. The van der Waals surface area contributed by atoms with Crippen molar-refractivity contribution in [3.63, 3.8) is 0 Å². The molecule has 0 aliphatic heterocycles. The summed E-state index contributed by atoms with van der Waals surface area (Å²) < 4.78 is 0. The number of anilines is 5. The number of allylic oxidation sites excluding steroid dienone is 4. The van der Waals surface area contributed by atoms with Gasteiger partial charge in [0.1, 0.15) is 0 Å². The van der Waals surface area contributed by atoms with Crippen molar-refractivity contribution in [3.8, 4) is 33.4 Å². The molecular weight excluding hydrogens is 713 g/mol. The number of rotatable bonds is 9. The zero-order valence-electron chi connectivity index (χ0n) is 33.6. The van der Waals surface area contributed by atoms with Crippen molar-refractivity contribution in [2.45, 2.75) is 32.1 Å². The fourth-order valence-corrected chi connectivity index (χ4v) is 9.16. The summed E-state index contributed by atoms with van der Waals surface area (Å²) >= 11 is 0. The summed E-state index contributed by atoms with van der Waals surface area (Å²) in [7, 11) is 0. The molecule has 10 rings (SSSR count). The lowest BCUT2D eigenvalue weighted by atomic mass is 9.82. The molecule has 0 aromatic heterocycles. The van der Waals surface area contributed by atoms with Gasteiger partial charge in [0.05, 0.1) is 5.69 Å². The molecule has 2 nitrogen and oxygen atoms in total. The van der Waals surface area contributed by atoms with E-state index in [1.165, 1.54) is 67.0 Å². The number of fused-ring (bicyclic) bond motifs is 3. The SMILES string of the molecule is CC1(C)c2ccccc2-c2ccc(N(c3ccccc3)c3ccccc3-c3ccc(-c4ccc(N(C5=CC=C(c6ccccc6)CC5)c5ccccc5)cc4)cc3)cc21. The summed E-state index contributed by atoms with van der Waals surface area (Å²) in [5, 5.41) is 0. The van der Waals surface area contributed by atoms with Crippen LogP contribution < -0.4 is 9.80 Å². The monoisotopic (exact) mass is 758 g/mol. The highest BCUT2D eigenvalue weighted by atomic mass is 15.2. The van der Waals surface area contributed by atoms with Crippen LogP contribution in [0.1, 0.15) is 43.4 Å². The van der Waals surface area contributed by atoms with E-state index >= 15 is 0 Å². The zero-order valence-corrected chi connectivity index (χ0v) is 33.6. The molecule has 0 heterocycles. The highest BCUT2D eigenvalue weighted by Gasteiger charge is 2.36. The van der Waals surface area contributed by atoms with Crippen molar-refractivity contribution in [2.24, 2.45) is 0 Å². The predicted molar refractivity (Wildman–Crippen MR) is 250 cm³/mol. The van der Waals surface area contributed by atoms with E-state index in [1.807, 2.05) is 0 Å². The van der Waals surface area contributed by atoms with Gasteiger partial charge in [0.15, 0.2) is 0 Å². The van der Waals surface area contributed by atoms with Gasteiger partial charge in [0.25, 0.3) is 0 Å². The first-order valence-electron chi connectivity index (χ1n) is 20.7. The molecule has 0 atom stereocenters. The van der Waals surface area contributed by atoms with Crippen molar-refractivity contribution >= 4 is 34.0 Å². The summed E-state index contributed by atoms with van der Waals surface area (Å²) in [6.07, 6.45) is 6.58. The van der Waals surface area contributed by atoms with Crippen LogP contribution in [0.4, 0.5) is 28.4 Å². The maximum Gasteiger partial charge on any atom is 0.0540 e. The van der Waals surface area contributed by atoms with Gasteiger partial charge in [-0.1, -0.05) is 172 Å². The van der Waals surface area contributed by atoms with Crippen molar-refractivity contribution < 1.29 is 0 Å². The topological polar surface area (TPSA) is 6.48 Å². The maximum atomic E-state index is 2.42. The Morgan fingerprint density at radius 3 is 1.53 bits per heavy atom. The smallest absolute Gasteiger partial charge is 0.0540 e. The molecule has 0 N–H and O–H groups in total. The van der Waals surface area contributed by atoms with Gasteiger partial charge in [-0.05, 0) is 124 Å². The summed E-state index contributed by atoms with van der Waals surface area (Å²) in [5.74, 6) is 0. The van der Waals surface area contributed by atoms with Crippen LogP contribution in [-0.2, 0) is 5.41 Å². The molecular formula is C57H46N2. The molecule has 8 aromatic carbocycles. The number of para-hydroxylation sites is 3. The van der Waals surface area contributed by atoms with Gasteiger partial charge >= 0.3 is 0 Å². The van der Waals surface area contributed by atoms with E-state index in [2.05, 4.69) is 242 Å². The standard InChI is InChI=1S/C57H46N2/c1-57(2)54-24-14-12-23-52(54)53-39-38-50(40-55(53)57)59(47-20-10-5-11-21-47)56-25-15-13-22-51(56)45-28-26-42(27-29-45)44-32-36-49(37-33-44)58(46-18-8-4-9-19-46)48-34-30-43(31-35-48)41-16-6-3-7-17-41/h3-30,32-34,36-40H,31,35H2,1-2H3. The summed E-state index contributed by atoms with van der Waals surface area (Å²) in [6.45, 7) is 4.70. The number of nitrogens with zero attached hydrogens (tertiary/aromatic N) is 2. The third kappa shape index (κ3) is 6.77. The van der Waals surface area contributed by atoms with E-state index in [-0.39, 0.29) is 5.41 Å². The van der Waals surface area contributed by atoms with Crippen LogP contribution in [0.15, 0.2) is 224 Å². The Kier molecular flexibility index (Phi) is 9.39. The molecule has 0 bridgehead atoms. The Bertz CT molecular complexity index is 2820. The molecule has 8 aromatic rings. The lowest BCUT2D eigenvalue weighted by molar-refractivity contribution is 0.660. The molecule has 284 valence electrons. The first-order valence-corrected chi connectivity index (χ1v) is 20.7. The molecule has 59 heavy (non-hydrogen) atoms. The van der Waals surface area contributed by atoms with Gasteiger partial charge in [-0.3, -0.25) is 0 Å². The van der Waals surface area contributed by atoms with Crippen molar-refractivity contribution in [1.82, 2.24) is 0 Å². The molecule has 0 spiro atoms. The summed E-state index contributed by atoms with van der Waals surface area (Å²) in [5.41, 5.74) is 19.8. The fraction of sp³-hybridized carbons (Fsp3) is 0.0877. The molecule has 2 aliphatic carbocycles. The maximum absolute atomic E-state index is 2.42. The molecule has 2 aliphatic rings. The van der Waals surface area contributed by atoms with E-state index in [9.17, 15) is 0 Å². The Hall–Kier alpha value is -7.16. The van der Waals surface area contributed by atoms with E-state index in [1.54, 1.807) is 0 Å². The van der Waals surface area contributed by atoms with Crippen LogP contribution in [0, 0.1) is 0 Å². The van der Waals surface area contributed by atoms with Crippen molar-refractivity contribution in [3.05, 3.63) is 241 Å². The lowest BCUT2D eigenvalue weighted by Crippen LogP contribution is -2.17. The van der Waals surface area contributed by atoms with Gasteiger partial charge in [0, 0.05) is 39.4 Å². The van der Waals surface area contributed by atoms with Crippen LogP contribution in [0.2, 0.25) is 0 Å². The van der Waals surface area contributed by atoms with Gasteiger partial charge in [-0.2, -0.15) is 0 Å².